The van der Waals surface area contributed by atoms with Gasteiger partial charge in [0.15, 0.2) is 0 Å². The number of aryl methyl sites for hydroxylation is 1. The number of aliphatic hydroxyl groups excluding tert-OH is 1. The quantitative estimate of drug-likeness (QED) is 0.299. The predicted molar refractivity (Wildman–Crippen MR) is 144 cm³/mol. The highest BCUT2D eigenvalue weighted by Crippen LogP contribution is 2.38. The zero-order valence-corrected chi connectivity index (χ0v) is 21.3. The molecule has 192 valence electrons. The van der Waals surface area contributed by atoms with Gasteiger partial charge >= 0.3 is 0 Å². The molecular formula is C29H38N4O3. The summed E-state index contributed by atoms with van der Waals surface area (Å²) in [6.45, 7) is 3.71. The van der Waals surface area contributed by atoms with E-state index >= 15 is 0 Å². The molecule has 7 heteroatoms. The number of aliphatic hydroxyl groups is 1. The summed E-state index contributed by atoms with van der Waals surface area (Å²) < 4.78 is 6.82. The number of hydrogen-bond acceptors (Lipinski definition) is 6. The number of rotatable bonds is 10. The minimum atomic E-state index is -0.594. The third kappa shape index (κ3) is 5.49. The standard InChI is InChI=1S/C29H38N4O3/c1-32-13-10-21(17-28(32)34)26-9-11-30-18-27(26)29(35)33(24-7-8-24)19-22-16-23(31-12-14-36-2)15-20-5-3-4-6-25(20)22/h3-6,10,13,15-17,24,26-27,29-31,35H,7-9,11-12,14,18-19H2,1-2H3/t26-,27+,29?/m1/s1. The highest BCUT2D eigenvalue weighted by atomic mass is 16.5. The van der Waals surface area contributed by atoms with Crippen molar-refractivity contribution in [1.82, 2.24) is 14.8 Å². The summed E-state index contributed by atoms with van der Waals surface area (Å²) >= 11 is 0. The van der Waals surface area contributed by atoms with Gasteiger partial charge in [0.2, 0.25) is 0 Å². The molecule has 2 aliphatic rings. The highest BCUT2D eigenvalue weighted by Gasteiger charge is 2.41. The molecule has 7 nitrogen and oxygen atoms in total. The van der Waals surface area contributed by atoms with Crippen LogP contribution in [0.1, 0.15) is 36.3 Å². The van der Waals surface area contributed by atoms with Crippen LogP contribution in [0.4, 0.5) is 5.69 Å². The molecule has 1 aliphatic heterocycles. The summed E-state index contributed by atoms with van der Waals surface area (Å²) in [6.07, 6.45) is 4.38. The Bertz CT molecular complexity index is 1240. The van der Waals surface area contributed by atoms with Crippen molar-refractivity contribution in [1.29, 1.82) is 0 Å². The summed E-state index contributed by atoms with van der Waals surface area (Å²) in [6, 6.07) is 17.1. The van der Waals surface area contributed by atoms with Crippen LogP contribution >= 0.6 is 0 Å². The molecule has 1 saturated heterocycles. The number of ether oxygens (including phenoxy) is 1. The lowest BCUT2D eigenvalue weighted by atomic mass is 9.80. The third-order valence-corrected chi connectivity index (χ3v) is 7.76. The Morgan fingerprint density at radius 2 is 2.03 bits per heavy atom. The van der Waals surface area contributed by atoms with Gasteiger partial charge in [-0.3, -0.25) is 9.69 Å². The number of anilines is 1. The number of benzene rings is 2. The van der Waals surface area contributed by atoms with E-state index in [9.17, 15) is 9.90 Å². The zero-order chi connectivity index (χ0) is 25.1. The van der Waals surface area contributed by atoms with E-state index in [1.165, 1.54) is 16.3 Å². The minimum absolute atomic E-state index is 0.00239. The van der Waals surface area contributed by atoms with Gasteiger partial charge in [-0.1, -0.05) is 24.3 Å². The third-order valence-electron chi connectivity index (χ3n) is 7.76. The first-order valence-corrected chi connectivity index (χ1v) is 13.1. The molecule has 2 fully saturated rings. The molecule has 0 amide bonds. The van der Waals surface area contributed by atoms with E-state index in [4.69, 9.17) is 4.74 Å². The normalized spacial score (nSPS) is 21.1. The summed E-state index contributed by atoms with van der Waals surface area (Å²) in [7, 11) is 3.49. The maximum atomic E-state index is 12.4. The molecule has 1 aromatic heterocycles. The Morgan fingerprint density at radius 1 is 1.19 bits per heavy atom. The van der Waals surface area contributed by atoms with E-state index in [0.29, 0.717) is 19.2 Å². The SMILES string of the molecule is COCCNc1cc(CN(C2CC2)C(O)[C@H]2CNCC[C@@H]2c2ccn(C)c(=O)c2)c2ccccc2c1. The van der Waals surface area contributed by atoms with Gasteiger partial charge in [0.1, 0.15) is 6.23 Å². The Hall–Kier alpha value is -2.71. The Morgan fingerprint density at radius 3 is 2.81 bits per heavy atom. The van der Waals surface area contributed by atoms with Gasteiger partial charge < -0.3 is 25.0 Å². The van der Waals surface area contributed by atoms with Crippen LogP contribution in [0.15, 0.2) is 59.5 Å². The van der Waals surface area contributed by atoms with Gasteiger partial charge in [0.05, 0.1) is 6.61 Å². The van der Waals surface area contributed by atoms with Crippen LogP contribution in [0.25, 0.3) is 10.8 Å². The summed E-state index contributed by atoms with van der Waals surface area (Å²) in [5.74, 6) is 0.163. The lowest BCUT2D eigenvalue weighted by molar-refractivity contribution is -0.0628. The monoisotopic (exact) mass is 490 g/mol. The number of piperidine rings is 1. The van der Waals surface area contributed by atoms with Gasteiger partial charge in [0, 0.05) is 63.7 Å². The van der Waals surface area contributed by atoms with Gasteiger partial charge in [-0.05, 0) is 71.8 Å². The Labute approximate surface area is 213 Å². The number of hydrogen-bond donors (Lipinski definition) is 3. The van der Waals surface area contributed by atoms with E-state index in [-0.39, 0.29) is 17.4 Å². The van der Waals surface area contributed by atoms with Crippen LogP contribution in [0.5, 0.6) is 0 Å². The number of nitrogens with one attached hydrogen (secondary N) is 2. The first-order chi connectivity index (χ1) is 17.5. The van der Waals surface area contributed by atoms with E-state index in [1.54, 1.807) is 24.8 Å². The maximum Gasteiger partial charge on any atom is 0.250 e. The topological polar surface area (TPSA) is 78.8 Å². The van der Waals surface area contributed by atoms with Crippen LogP contribution in [-0.4, -0.2) is 60.2 Å². The van der Waals surface area contributed by atoms with Crippen molar-refractivity contribution < 1.29 is 9.84 Å². The molecule has 0 spiro atoms. The van der Waals surface area contributed by atoms with Crippen molar-refractivity contribution in [3.05, 3.63) is 76.2 Å². The Balaban J connectivity index is 1.43. The number of methoxy groups -OCH3 is 1. The fourth-order valence-corrected chi connectivity index (χ4v) is 5.61. The molecule has 0 bridgehead atoms. The number of fused-ring (bicyclic) bond motifs is 1. The van der Waals surface area contributed by atoms with Crippen LogP contribution < -0.4 is 16.2 Å². The lowest BCUT2D eigenvalue weighted by Crippen LogP contribution is -2.50. The Kier molecular flexibility index (Phi) is 7.72. The predicted octanol–water partition coefficient (Wildman–Crippen LogP) is 3.27. The second kappa shape index (κ2) is 11.1. The second-order valence-corrected chi connectivity index (χ2v) is 10.3. The molecule has 1 saturated carbocycles. The highest BCUT2D eigenvalue weighted by molar-refractivity contribution is 5.89. The van der Waals surface area contributed by atoms with Crippen molar-refractivity contribution in [3.8, 4) is 0 Å². The molecule has 3 atom stereocenters. The molecule has 1 unspecified atom stereocenters. The molecule has 2 aromatic carbocycles. The van der Waals surface area contributed by atoms with Crippen molar-refractivity contribution in [2.24, 2.45) is 13.0 Å². The molecule has 3 aromatic rings. The number of nitrogens with zero attached hydrogens (tertiary/aromatic N) is 2. The molecule has 3 N–H and O–H groups in total. The van der Waals surface area contributed by atoms with E-state index in [1.807, 2.05) is 12.3 Å². The average molecular weight is 491 g/mol. The number of pyridine rings is 1. The maximum absolute atomic E-state index is 12.4. The van der Waals surface area contributed by atoms with E-state index in [0.717, 1.165) is 50.1 Å². The van der Waals surface area contributed by atoms with Gasteiger partial charge in [-0.15, -0.1) is 0 Å². The van der Waals surface area contributed by atoms with Crippen LogP contribution in [0.2, 0.25) is 0 Å². The van der Waals surface area contributed by atoms with Crippen molar-refractivity contribution in [2.45, 2.75) is 44.0 Å². The fraction of sp³-hybridized carbons (Fsp3) is 0.483. The molecular weight excluding hydrogens is 452 g/mol. The largest absolute Gasteiger partial charge is 0.383 e. The average Bonchev–Trinajstić information content (AvgIpc) is 3.74. The van der Waals surface area contributed by atoms with E-state index in [2.05, 4.69) is 51.9 Å². The summed E-state index contributed by atoms with van der Waals surface area (Å²) in [5, 5.41) is 21.2. The van der Waals surface area contributed by atoms with Gasteiger partial charge in [0.25, 0.3) is 5.56 Å². The van der Waals surface area contributed by atoms with Crippen LogP contribution in [0, 0.1) is 5.92 Å². The lowest BCUT2D eigenvalue weighted by Gasteiger charge is -2.41. The van der Waals surface area contributed by atoms with Crippen molar-refractivity contribution >= 4 is 16.5 Å². The van der Waals surface area contributed by atoms with E-state index < -0.39 is 6.23 Å². The smallest absolute Gasteiger partial charge is 0.250 e. The number of aromatic nitrogens is 1. The zero-order valence-electron chi connectivity index (χ0n) is 21.3. The first-order valence-electron chi connectivity index (χ1n) is 13.1. The molecule has 2 heterocycles. The summed E-state index contributed by atoms with van der Waals surface area (Å²) in [5.41, 5.74) is 3.33. The van der Waals surface area contributed by atoms with Gasteiger partial charge in [-0.2, -0.15) is 0 Å². The minimum Gasteiger partial charge on any atom is -0.383 e. The van der Waals surface area contributed by atoms with Gasteiger partial charge in [-0.25, -0.2) is 0 Å². The van der Waals surface area contributed by atoms with Crippen LogP contribution in [0.3, 0.4) is 0 Å². The van der Waals surface area contributed by atoms with Crippen molar-refractivity contribution in [3.63, 3.8) is 0 Å². The molecule has 1 aliphatic carbocycles. The fourth-order valence-electron chi connectivity index (χ4n) is 5.61. The van der Waals surface area contributed by atoms with Crippen LogP contribution in [-0.2, 0) is 18.3 Å². The first kappa shape index (κ1) is 25.0. The summed E-state index contributed by atoms with van der Waals surface area (Å²) in [4.78, 5) is 14.7. The molecule has 5 rings (SSSR count). The molecule has 0 radical (unpaired) electrons. The molecule has 36 heavy (non-hydrogen) atoms. The second-order valence-electron chi connectivity index (χ2n) is 10.3. The van der Waals surface area contributed by atoms with Crippen molar-refractivity contribution in [2.75, 3.05) is 38.7 Å².